The fourth-order valence-electron chi connectivity index (χ4n) is 1.81. The molecule has 0 unspecified atom stereocenters. The van der Waals surface area contributed by atoms with E-state index in [1.54, 1.807) is 18.2 Å². The van der Waals surface area contributed by atoms with E-state index in [2.05, 4.69) is 5.32 Å². The van der Waals surface area contributed by atoms with Crippen LogP contribution in [-0.4, -0.2) is 12.0 Å². The zero-order valence-corrected chi connectivity index (χ0v) is 10.8. The fourth-order valence-corrected chi connectivity index (χ4v) is 1.81. The maximum atomic E-state index is 13.1. The molecule has 2 aromatic carbocycles. The molecular formula is C14H13FN2O3. The first-order chi connectivity index (χ1) is 9.60. The molecule has 2 aromatic rings. The second-order valence-electron chi connectivity index (χ2n) is 4.12. The number of methoxy groups -OCH3 is 1. The van der Waals surface area contributed by atoms with E-state index in [4.69, 9.17) is 4.74 Å². The lowest BCUT2D eigenvalue weighted by Gasteiger charge is -2.10. The van der Waals surface area contributed by atoms with Crippen LogP contribution < -0.4 is 10.1 Å². The lowest BCUT2D eigenvalue weighted by molar-refractivity contribution is -0.384. The maximum absolute atomic E-state index is 13.1. The summed E-state index contributed by atoms with van der Waals surface area (Å²) < 4.78 is 18.2. The Hall–Kier alpha value is -2.63. The molecule has 0 aliphatic carbocycles. The largest absolute Gasteiger partial charge is 0.496 e. The van der Waals surface area contributed by atoms with E-state index in [-0.39, 0.29) is 11.5 Å². The summed E-state index contributed by atoms with van der Waals surface area (Å²) in [6, 6.07) is 10.4. The van der Waals surface area contributed by atoms with E-state index in [1.807, 2.05) is 0 Å². The predicted molar refractivity (Wildman–Crippen MR) is 73.4 cm³/mol. The highest BCUT2D eigenvalue weighted by molar-refractivity contribution is 5.48. The van der Waals surface area contributed by atoms with Gasteiger partial charge in [0, 0.05) is 29.9 Å². The molecule has 0 aliphatic heterocycles. The highest BCUT2D eigenvalue weighted by atomic mass is 19.1. The average molecular weight is 276 g/mol. The summed E-state index contributed by atoms with van der Waals surface area (Å²) >= 11 is 0. The van der Waals surface area contributed by atoms with Gasteiger partial charge in [0.1, 0.15) is 11.6 Å². The molecule has 5 nitrogen and oxygen atoms in total. The van der Waals surface area contributed by atoms with Gasteiger partial charge in [-0.1, -0.05) is 6.07 Å². The molecule has 2 rings (SSSR count). The van der Waals surface area contributed by atoms with Crippen LogP contribution in [0, 0.1) is 15.9 Å². The number of non-ortho nitro benzene ring substituents is 1. The van der Waals surface area contributed by atoms with E-state index < -0.39 is 4.92 Å². The Morgan fingerprint density at radius 2 is 2.10 bits per heavy atom. The Bertz CT molecular complexity index is 632. The van der Waals surface area contributed by atoms with Gasteiger partial charge in [-0.15, -0.1) is 0 Å². The number of nitrogens with one attached hydrogen (secondary N) is 1. The summed E-state index contributed by atoms with van der Waals surface area (Å²) in [7, 11) is 1.49. The van der Waals surface area contributed by atoms with E-state index in [1.165, 1.54) is 31.4 Å². The van der Waals surface area contributed by atoms with E-state index in [9.17, 15) is 14.5 Å². The molecule has 0 atom stereocenters. The van der Waals surface area contributed by atoms with Crippen molar-refractivity contribution in [1.82, 2.24) is 0 Å². The smallest absolute Gasteiger partial charge is 0.270 e. The zero-order chi connectivity index (χ0) is 14.5. The molecule has 0 radical (unpaired) electrons. The Morgan fingerprint density at radius 1 is 1.30 bits per heavy atom. The van der Waals surface area contributed by atoms with Crippen LogP contribution in [0.25, 0.3) is 0 Å². The summed E-state index contributed by atoms with van der Waals surface area (Å²) in [6.45, 7) is 0.300. The minimum atomic E-state index is -0.467. The normalized spacial score (nSPS) is 10.1. The fraction of sp³-hybridized carbons (Fsp3) is 0.143. The van der Waals surface area contributed by atoms with Crippen molar-refractivity contribution in [3.05, 3.63) is 64.0 Å². The summed E-state index contributed by atoms with van der Waals surface area (Å²) in [4.78, 5) is 10.3. The third kappa shape index (κ3) is 3.23. The summed E-state index contributed by atoms with van der Waals surface area (Å²) in [5, 5.41) is 13.8. The summed E-state index contributed by atoms with van der Waals surface area (Å²) in [5.41, 5.74) is 1.21. The molecule has 20 heavy (non-hydrogen) atoms. The predicted octanol–water partition coefficient (Wildman–Crippen LogP) is 3.35. The van der Waals surface area contributed by atoms with Gasteiger partial charge in [-0.25, -0.2) is 4.39 Å². The third-order valence-corrected chi connectivity index (χ3v) is 2.78. The average Bonchev–Trinajstić information content (AvgIpc) is 2.44. The minimum Gasteiger partial charge on any atom is -0.496 e. The maximum Gasteiger partial charge on any atom is 0.270 e. The van der Waals surface area contributed by atoms with Gasteiger partial charge in [-0.3, -0.25) is 10.1 Å². The van der Waals surface area contributed by atoms with E-state index in [0.29, 0.717) is 23.5 Å². The molecule has 0 spiro atoms. The Morgan fingerprint density at radius 3 is 2.75 bits per heavy atom. The van der Waals surface area contributed by atoms with Crippen molar-refractivity contribution in [3.8, 4) is 5.75 Å². The molecule has 0 saturated heterocycles. The summed E-state index contributed by atoms with van der Waals surface area (Å²) in [6.07, 6.45) is 0. The zero-order valence-electron chi connectivity index (χ0n) is 10.8. The molecule has 0 heterocycles. The molecule has 0 aliphatic rings. The lowest BCUT2D eigenvalue weighted by atomic mass is 10.1. The van der Waals surface area contributed by atoms with Crippen LogP contribution >= 0.6 is 0 Å². The van der Waals surface area contributed by atoms with Crippen molar-refractivity contribution < 1.29 is 14.1 Å². The second kappa shape index (κ2) is 6.01. The molecule has 0 amide bonds. The van der Waals surface area contributed by atoms with Crippen molar-refractivity contribution in [2.24, 2.45) is 0 Å². The van der Waals surface area contributed by atoms with Crippen molar-refractivity contribution in [2.45, 2.75) is 6.54 Å². The number of halogens is 1. The molecule has 0 aromatic heterocycles. The van der Waals surface area contributed by atoms with E-state index in [0.717, 1.165) is 0 Å². The van der Waals surface area contributed by atoms with Crippen molar-refractivity contribution >= 4 is 11.4 Å². The van der Waals surface area contributed by atoms with Gasteiger partial charge in [-0.2, -0.15) is 0 Å². The SMILES string of the molecule is COc1ccc([N+](=O)[O-])cc1CNc1cccc(F)c1. The van der Waals surface area contributed by atoms with E-state index >= 15 is 0 Å². The highest BCUT2D eigenvalue weighted by Crippen LogP contribution is 2.25. The Kier molecular flexibility index (Phi) is 4.14. The van der Waals surface area contributed by atoms with Gasteiger partial charge in [-0.05, 0) is 24.3 Å². The van der Waals surface area contributed by atoms with Crippen LogP contribution in [0.15, 0.2) is 42.5 Å². The van der Waals surface area contributed by atoms with Gasteiger partial charge >= 0.3 is 0 Å². The summed E-state index contributed by atoms with van der Waals surface area (Å²) in [5.74, 6) is 0.195. The minimum absolute atomic E-state index is 0.0122. The first kappa shape index (κ1) is 13.8. The molecule has 0 fully saturated rings. The first-order valence-corrected chi connectivity index (χ1v) is 5.91. The number of hydrogen-bond donors (Lipinski definition) is 1. The molecule has 104 valence electrons. The van der Waals surface area contributed by atoms with Crippen molar-refractivity contribution in [3.63, 3.8) is 0 Å². The number of nitro groups is 1. The molecule has 6 heteroatoms. The van der Waals surface area contributed by atoms with Crippen LogP contribution in [0.3, 0.4) is 0 Å². The van der Waals surface area contributed by atoms with Gasteiger partial charge in [0.05, 0.1) is 12.0 Å². The Balaban J connectivity index is 2.19. The number of anilines is 1. The molecule has 0 bridgehead atoms. The van der Waals surface area contributed by atoms with Crippen LogP contribution in [0.1, 0.15) is 5.56 Å². The number of ether oxygens (including phenoxy) is 1. The number of nitro benzene ring substituents is 1. The van der Waals surface area contributed by atoms with Crippen LogP contribution in [0.2, 0.25) is 0 Å². The Labute approximate surface area is 115 Å². The van der Waals surface area contributed by atoms with Crippen molar-refractivity contribution in [2.75, 3.05) is 12.4 Å². The first-order valence-electron chi connectivity index (χ1n) is 5.91. The van der Waals surface area contributed by atoms with Crippen molar-refractivity contribution in [1.29, 1.82) is 0 Å². The molecule has 1 N–H and O–H groups in total. The highest BCUT2D eigenvalue weighted by Gasteiger charge is 2.11. The molecule has 0 saturated carbocycles. The number of hydrogen-bond acceptors (Lipinski definition) is 4. The number of benzene rings is 2. The van der Waals surface area contributed by atoms with Gasteiger partial charge in [0.15, 0.2) is 0 Å². The molecular weight excluding hydrogens is 263 g/mol. The lowest BCUT2D eigenvalue weighted by Crippen LogP contribution is -2.03. The van der Waals surface area contributed by atoms with Crippen LogP contribution in [0.5, 0.6) is 5.75 Å². The standard InChI is InChI=1S/C14H13FN2O3/c1-20-14-6-5-13(17(18)19)7-10(14)9-16-12-4-2-3-11(15)8-12/h2-8,16H,9H2,1H3. The second-order valence-corrected chi connectivity index (χ2v) is 4.12. The monoisotopic (exact) mass is 276 g/mol. The number of nitrogens with zero attached hydrogens (tertiary/aromatic N) is 1. The topological polar surface area (TPSA) is 64.4 Å². The number of rotatable bonds is 5. The van der Waals surface area contributed by atoms with Gasteiger partial charge < -0.3 is 10.1 Å². The quantitative estimate of drug-likeness (QED) is 0.671. The third-order valence-electron chi connectivity index (χ3n) is 2.78. The van der Waals surface area contributed by atoms with Crippen LogP contribution in [0.4, 0.5) is 15.8 Å². The van der Waals surface area contributed by atoms with Gasteiger partial charge in [0.2, 0.25) is 0 Å². The van der Waals surface area contributed by atoms with Gasteiger partial charge in [0.25, 0.3) is 5.69 Å². The van der Waals surface area contributed by atoms with Crippen LogP contribution in [-0.2, 0) is 6.54 Å².